The molecule has 9 heteroatoms. The van der Waals surface area contributed by atoms with Crippen LogP contribution in [0, 0.1) is 0 Å². The number of thioether (sulfide) groups is 1. The van der Waals surface area contributed by atoms with Crippen LogP contribution in [0.2, 0.25) is 5.02 Å². The van der Waals surface area contributed by atoms with Crippen molar-refractivity contribution in [3.8, 4) is 0 Å². The van der Waals surface area contributed by atoms with Crippen molar-refractivity contribution >= 4 is 40.7 Å². The number of aromatic nitrogens is 2. The van der Waals surface area contributed by atoms with E-state index in [0.29, 0.717) is 28.4 Å². The third kappa shape index (κ3) is 5.17. The standard InChI is InChI=1S/C19H24ClF2N5S/c1-2-3-10-28-18-25-16(24-11-13-6-4-5-7-14(13)20)15(23)17(26-18)27-9-8-19(21,22)12-27/h4-7H,2-3,8-12,23H2,1H3,(H,24,25,26). The van der Waals surface area contributed by atoms with Gasteiger partial charge < -0.3 is 16.0 Å². The van der Waals surface area contributed by atoms with Gasteiger partial charge in [-0.15, -0.1) is 0 Å². The Hall–Kier alpha value is -1.80. The highest BCUT2D eigenvalue weighted by molar-refractivity contribution is 7.99. The van der Waals surface area contributed by atoms with Gasteiger partial charge in [0.2, 0.25) is 0 Å². The normalized spacial score (nSPS) is 15.8. The van der Waals surface area contributed by atoms with E-state index in [9.17, 15) is 8.78 Å². The lowest BCUT2D eigenvalue weighted by atomic mass is 10.2. The van der Waals surface area contributed by atoms with Crippen molar-refractivity contribution in [1.82, 2.24) is 9.97 Å². The van der Waals surface area contributed by atoms with Crippen LogP contribution in [0.15, 0.2) is 29.4 Å². The van der Waals surface area contributed by atoms with Crippen LogP contribution in [0.3, 0.4) is 0 Å². The van der Waals surface area contributed by atoms with Crippen molar-refractivity contribution in [2.45, 2.75) is 43.8 Å². The van der Waals surface area contributed by atoms with E-state index in [0.717, 1.165) is 24.2 Å². The van der Waals surface area contributed by atoms with Crippen LogP contribution >= 0.6 is 23.4 Å². The maximum Gasteiger partial charge on any atom is 0.266 e. The Morgan fingerprint density at radius 2 is 2.11 bits per heavy atom. The number of anilines is 3. The van der Waals surface area contributed by atoms with Crippen molar-refractivity contribution in [3.05, 3.63) is 34.9 Å². The summed E-state index contributed by atoms with van der Waals surface area (Å²) in [6, 6.07) is 7.48. The average Bonchev–Trinajstić information content (AvgIpc) is 3.02. The maximum atomic E-state index is 13.7. The summed E-state index contributed by atoms with van der Waals surface area (Å²) in [5.74, 6) is -1.05. The minimum atomic E-state index is -2.72. The molecule has 1 aromatic heterocycles. The Kier molecular flexibility index (Phi) is 6.82. The second-order valence-electron chi connectivity index (χ2n) is 6.77. The first kappa shape index (κ1) is 20.9. The zero-order valence-corrected chi connectivity index (χ0v) is 17.3. The van der Waals surface area contributed by atoms with E-state index < -0.39 is 5.92 Å². The summed E-state index contributed by atoms with van der Waals surface area (Å²) >= 11 is 7.72. The van der Waals surface area contributed by atoms with Gasteiger partial charge >= 0.3 is 0 Å². The van der Waals surface area contributed by atoms with Crippen LogP contribution in [0.4, 0.5) is 26.1 Å². The lowest BCUT2D eigenvalue weighted by molar-refractivity contribution is 0.0257. The van der Waals surface area contributed by atoms with Crippen LogP contribution in [0.1, 0.15) is 31.7 Å². The van der Waals surface area contributed by atoms with E-state index in [1.165, 1.54) is 11.8 Å². The van der Waals surface area contributed by atoms with Gasteiger partial charge in [-0.2, -0.15) is 0 Å². The number of rotatable bonds is 8. The van der Waals surface area contributed by atoms with E-state index in [2.05, 4.69) is 22.2 Å². The highest BCUT2D eigenvalue weighted by Crippen LogP contribution is 2.36. The number of hydrogen-bond acceptors (Lipinski definition) is 6. The Morgan fingerprint density at radius 3 is 2.79 bits per heavy atom. The summed E-state index contributed by atoms with van der Waals surface area (Å²) in [5, 5.41) is 4.37. The third-order valence-electron chi connectivity index (χ3n) is 4.51. The summed E-state index contributed by atoms with van der Waals surface area (Å²) in [7, 11) is 0. The van der Waals surface area contributed by atoms with Gasteiger partial charge in [0.25, 0.3) is 5.92 Å². The van der Waals surface area contributed by atoms with Gasteiger partial charge in [-0.3, -0.25) is 0 Å². The van der Waals surface area contributed by atoms with Crippen LogP contribution in [0.5, 0.6) is 0 Å². The molecule has 28 heavy (non-hydrogen) atoms. The molecule has 0 atom stereocenters. The number of benzene rings is 1. The number of unbranched alkanes of at least 4 members (excludes halogenated alkanes) is 1. The monoisotopic (exact) mass is 427 g/mol. The molecule has 1 saturated heterocycles. The van der Waals surface area contributed by atoms with Gasteiger partial charge in [-0.25, -0.2) is 18.7 Å². The quantitative estimate of drug-likeness (QED) is 0.348. The van der Waals surface area contributed by atoms with Crippen LogP contribution in [-0.4, -0.2) is 34.7 Å². The average molecular weight is 428 g/mol. The minimum Gasteiger partial charge on any atom is -0.393 e. The predicted molar refractivity (Wildman–Crippen MR) is 113 cm³/mol. The maximum absolute atomic E-state index is 13.7. The zero-order valence-electron chi connectivity index (χ0n) is 15.7. The topological polar surface area (TPSA) is 67.1 Å². The first-order valence-electron chi connectivity index (χ1n) is 9.30. The van der Waals surface area contributed by atoms with E-state index in [1.807, 2.05) is 24.3 Å². The zero-order chi connectivity index (χ0) is 20.1. The molecule has 2 aromatic rings. The third-order valence-corrected chi connectivity index (χ3v) is 5.81. The number of nitrogens with zero attached hydrogens (tertiary/aromatic N) is 3. The van der Waals surface area contributed by atoms with E-state index in [-0.39, 0.29) is 25.2 Å². The highest BCUT2D eigenvalue weighted by Gasteiger charge is 2.39. The number of nitrogens with one attached hydrogen (secondary N) is 1. The van der Waals surface area contributed by atoms with Gasteiger partial charge in [-0.05, 0) is 18.1 Å². The Bertz CT molecular complexity index is 821. The molecular weight excluding hydrogens is 404 g/mol. The van der Waals surface area contributed by atoms with Crippen molar-refractivity contribution in [1.29, 1.82) is 0 Å². The lowest BCUT2D eigenvalue weighted by Gasteiger charge is -2.21. The van der Waals surface area contributed by atoms with Crippen LogP contribution in [0.25, 0.3) is 0 Å². The Balaban J connectivity index is 1.85. The summed E-state index contributed by atoms with van der Waals surface area (Å²) in [4.78, 5) is 10.5. The molecule has 0 saturated carbocycles. The Labute approximate surface area is 173 Å². The molecule has 3 N–H and O–H groups in total. The van der Waals surface area contributed by atoms with Gasteiger partial charge in [0.1, 0.15) is 5.69 Å². The highest BCUT2D eigenvalue weighted by atomic mass is 35.5. The Morgan fingerprint density at radius 1 is 1.32 bits per heavy atom. The molecule has 5 nitrogen and oxygen atoms in total. The largest absolute Gasteiger partial charge is 0.393 e. The molecule has 0 radical (unpaired) electrons. The lowest BCUT2D eigenvalue weighted by Crippen LogP contribution is -2.27. The van der Waals surface area contributed by atoms with Crippen molar-refractivity contribution < 1.29 is 8.78 Å². The van der Waals surface area contributed by atoms with Crippen LogP contribution < -0.4 is 16.0 Å². The molecule has 1 fully saturated rings. The summed E-state index contributed by atoms with van der Waals surface area (Å²) in [6.45, 7) is 2.38. The molecular formula is C19H24ClF2N5S. The molecule has 1 aliphatic heterocycles. The van der Waals surface area contributed by atoms with E-state index in [1.54, 1.807) is 4.90 Å². The molecule has 152 valence electrons. The molecule has 1 aromatic carbocycles. The molecule has 0 unspecified atom stereocenters. The molecule has 2 heterocycles. The second kappa shape index (κ2) is 9.13. The first-order valence-corrected chi connectivity index (χ1v) is 10.7. The van der Waals surface area contributed by atoms with E-state index >= 15 is 0 Å². The fourth-order valence-electron chi connectivity index (χ4n) is 2.92. The summed E-state index contributed by atoms with van der Waals surface area (Å²) < 4.78 is 27.4. The first-order chi connectivity index (χ1) is 13.4. The molecule has 0 spiro atoms. The number of hydrogen-bond donors (Lipinski definition) is 2. The van der Waals surface area contributed by atoms with Gasteiger partial charge in [-0.1, -0.05) is 54.9 Å². The minimum absolute atomic E-state index is 0.197. The molecule has 3 rings (SSSR count). The fraction of sp³-hybridized carbons (Fsp3) is 0.474. The fourth-order valence-corrected chi connectivity index (χ4v) is 4.05. The van der Waals surface area contributed by atoms with Crippen molar-refractivity contribution in [3.63, 3.8) is 0 Å². The second-order valence-corrected chi connectivity index (χ2v) is 8.24. The summed E-state index contributed by atoms with van der Waals surface area (Å²) in [5.41, 5.74) is 7.44. The molecule has 1 aliphatic rings. The summed E-state index contributed by atoms with van der Waals surface area (Å²) in [6.07, 6.45) is 1.89. The number of nitrogen functional groups attached to an aromatic ring is 1. The van der Waals surface area contributed by atoms with Crippen molar-refractivity contribution in [2.24, 2.45) is 0 Å². The number of alkyl halides is 2. The predicted octanol–water partition coefficient (Wildman–Crippen LogP) is 5.06. The van der Waals surface area contributed by atoms with Crippen molar-refractivity contribution in [2.75, 3.05) is 34.8 Å². The van der Waals surface area contributed by atoms with Gasteiger partial charge in [0, 0.05) is 30.3 Å². The van der Waals surface area contributed by atoms with Crippen LogP contribution in [-0.2, 0) is 6.54 Å². The molecule has 0 bridgehead atoms. The van der Waals surface area contributed by atoms with Gasteiger partial charge in [0.05, 0.1) is 6.54 Å². The smallest absolute Gasteiger partial charge is 0.266 e. The van der Waals surface area contributed by atoms with E-state index in [4.69, 9.17) is 17.3 Å². The molecule has 0 aliphatic carbocycles. The number of nitrogens with two attached hydrogens (primary N) is 1. The molecule has 0 amide bonds. The SMILES string of the molecule is CCCCSc1nc(NCc2ccccc2Cl)c(N)c(N2CCC(F)(F)C2)n1. The number of halogens is 3. The van der Waals surface area contributed by atoms with Gasteiger partial charge in [0.15, 0.2) is 16.8 Å².